The first-order valence-electron chi connectivity index (χ1n) is 10.00. The van der Waals surface area contributed by atoms with Crippen LogP contribution in [-0.2, 0) is 12.8 Å². The van der Waals surface area contributed by atoms with Gasteiger partial charge in [0.25, 0.3) is 0 Å². The monoisotopic (exact) mass is 329 g/mol. The smallest absolute Gasteiger partial charge is 0.127 e. The fourth-order valence-electron chi connectivity index (χ4n) is 7.63. The van der Waals surface area contributed by atoms with Crippen LogP contribution in [0.5, 0.6) is 0 Å². The number of rotatable bonds is 0. The van der Waals surface area contributed by atoms with Gasteiger partial charge in [-0.15, -0.1) is 0 Å². The van der Waals surface area contributed by atoms with Gasteiger partial charge < -0.3 is 9.63 Å². The normalized spacial score (nSPS) is 53.0. The van der Waals surface area contributed by atoms with Crippen LogP contribution in [0, 0.1) is 34.5 Å². The van der Waals surface area contributed by atoms with Gasteiger partial charge in [0.1, 0.15) is 6.26 Å². The summed E-state index contributed by atoms with van der Waals surface area (Å²) in [4.78, 5) is 0. The van der Waals surface area contributed by atoms with E-state index in [9.17, 15) is 5.11 Å². The van der Waals surface area contributed by atoms with Gasteiger partial charge in [-0.3, -0.25) is 0 Å². The largest absolute Gasteiger partial charge is 0.390 e. The highest BCUT2D eigenvalue weighted by atomic mass is 16.5. The first-order chi connectivity index (χ1) is 11.4. The molecule has 1 aromatic rings. The number of nitrogens with zero attached hydrogens (tertiary/aromatic N) is 1. The molecule has 3 saturated carbocycles. The van der Waals surface area contributed by atoms with E-state index in [4.69, 9.17) is 4.52 Å². The molecule has 0 unspecified atom stereocenters. The highest BCUT2D eigenvalue weighted by Crippen LogP contribution is 2.67. The Morgan fingerprint density at radius 1 is 1.08 bits per heavy atom. The van der Waals surface area contributed by atoms with E-state index in [-0.39, 0.29) is 5.41 Å². The van der Waals surface area contributed by atoms with Gasteiger partial charge in [-0.1, -0.05) is 19.0 Å². The summed E-state index contributed by atoms with van der Waals surface area (Å²) in [7, 11) is 0. The maximum atomic E-state index is 11.0. The van der Waals surface area contributed by atoms with Crippen LogP contribution in [0.25, 0.3) is 0 Å². The van der Waals surface area contributed by atoms with Crippen LogP contribution >= 0.6 is 0 Å². The summed E-state index contributed by atoms with van der Waals surface area (Å²) in [6, 6.07) is 0. The van der Waals surface area contributed by atoms with Crippen LogP contribution < -0.4 is 0 Å². The van der Waals surface area contributed by atoms with Crippen LogP contribution in [0.4, 0.5) is 0 Å². The predicted octanol–water partition coefficient (Wildman–Crippen LogP) is 4.38. The molecule has 3 fully saturated rings. The van der Waals surface area contributed by atoms with Crippen LogP contribution in [0.3, 0.4) is 0 Å². The summed E-state index contributed by atoms with van der Waals surface area (Å²) in [6.45, 7) is 7.04. The minimum Gasteiger partial charge on any atom is -0.390 e. The first-order valence-corrected chi connectivity index (χ1v) is 10.00. The van der Waals surface area contributed by atoms with Crippen molar-refractivity contribution in [2.75, 3.05) is 0 Å². The van der Waals surface area contributed by atoms with Crippen molar-refractivity contribution in [3.8, 4) is 0 Å². The van der Waals surface area contributed by atoms with E-state index in [0.717, 1.165) is 37.0 Å². The number of hydrogen-bond donors (Lipinski definition) is 1. The van der Waals surface area contributed by atoms with E-state index in [0.29, 0.717) is 11.3 Å². The quantitative estimate of drug-likeness (QED) is 0.768. The number of hydrogen-bond acceptors (Lipinski definition) is 3. The molecule has 1 heterocycles. The average molecular weight is 329 g/mol. The van der Waals surface area contributed by atoms with Crippen LogP contribution in [0.15, 0.2) is 10.8 Å². The van der Waals surface area contributed by atoms with Crippen molar-refractivity contribution in [2.24, 2.45) is 34.5 Å². The third-order valence-corrected chi connectivity index (χ3v) is 9.37. The zero-order valence-corrected chi connectivity index (χ0v) is 15.3. The standard InChI is InChI=1S/C21H31NO2/c1-19-11-13-12-24-22-18(13)10-14(19)4-5-15-16(19)6-8-20(2)17(15)7-9-21(20,3)23/h12,14-17,23H,4-11H2,1-3H3/t14-,15+,16-,17+,19-,20+,21-/m0/s1. The van der Waals surface area contributed by atoms with E-state index in [1.165, 1.54) is 43.4 Å². The Balaban J connectivity index is 1.50. The Kier molecular flexibility index (Phi) is 3.00. The molecule has 132 valence electrons. The summed E-state index contributed by atoms with van der Waals surface area (Å²) in [5.41, 5.74) is 2.65. The van der Waals surface area contributed by atoms with Gasteiger partial charge >= 0.3 is 0 Å². The Hall–Kier alpha value is -0.830. The molecule has 0 bridgehead atoms. The highest BCUT2D eigenvalue weighted by Gasteiger charge is 2.63. The molecule has 0 aromatic carbocycles. The summed E-state index contributed by atoms with van der Waals surface area (Å²) in [5.74, 6) is 3.10. The Morgan fingerprint density at radius 3 is 2.71 bits per heavy atom. The van der Waals surface area contributed by atoms with E-state index in [1.807, 2.05) is 6.26 Å². The molecule has 1 N–H and O–H groups in total. The van der Waals surface area contributed by atoms with Gasteiger partial charge in [-0.05, 0) is 92.8 Å². The summed E-state index contributed by atoms with van der Waals surface area (Å²) < 4.78 is 5.28. The van der Waals surface area contributed by atoms with E-state index in [1.54, 1.807) is 0 Å². The Labute approximate surface area is 145 Å². The van der Waals surface area contributed by atoms with E-state index in [2.05, 4.69) is 25.9 Å². The Morgan fingerprint density at radius 2 is 1.88 bits per heavy atom. The lowest BCUT2D eigenvalue weighted by molar-refractivity contribution is -0.139. The molecule has 1 aromatic heterocycles. The second-order valence-electron chi connectivity index (χ2n) is 10.1. The summed E-state index contributed by atoms with van der Waals surface area (Å²) in [5, 5.41) is 15.3. The van der Waals surface area contributed by atoms with Crippen molar-refractivity contribution in [1.82, 2.24) is 5.16 Å². The molecule has 3 nitrogen and oxygen atoms in total. The lowest BCUT2D eigenvalue weighted by Crippen LogP contribution is -2.56. The second kappa shape index (κ2) is 4.66. The molecule has 5 rings (SSSR count). The number of fused-ring (bicyclic) bond motifs is 6. The highest BCUT2D eigenvalue weighted by molar-refractivity contribution is 5.25. The van der Waals surface area contributed by atoms with Crippen LogP contribution in [0.1, 0.15) is 70.6 Å². The predicted molar refractivity (Wildman–Crippen MR) is 92.4 cm³/mol. The average Bonchev–Trinajstić information content (AvgIpc) is 3.06. The van der Waals surface area contributed by atoms with E-state index >= 15 is 0 Å². The van der Waals surface area contributed by atoms with Crippen LogP contribution in [-0.4, -0.2) is 15.9 Å². The third kappa shape index (κ3) is 1.75. The molecule has 0 radical (unpaired) electrons. The topological polar surface area (TPSA) is 46.3 Å². The third-order valence-electron chi connectivity index (χ3n) is 9.37. The molecule has 0 saturated heterocycles. The summed E-state index contributed by atoms with van der Waals surface area (Å²) in [6.07, 6.45) is 11.6. The number of aromatic nitrogens is 1. The molecule has 0 amide bonds. The fourth-order valence-corrected chi connectivity index (χ4v) is 7.63. The molecule has 0 aliphatic heterocycles. The van der Waals surface area contributed by atoms with Gasteiger partial charge in [0.15, 0.2) is 0 Å². The van der Waals surface area contributed by atoms with Crippen molar-refractivity contribution in [3.63, 3.8) is 0 Å². The fraction of sp³-hybridized carbons (Fsp3) is 0.857. The zero-order valence-electron chi connectivity index (χ0n) is 15.3. The Bertz CT molecular complexity index is 665. The van der Waals surface area contributed by atoms with Gasteiger partial charge in [-0.25, -0.2) is 0 Å². The van der Waals surface area contributed by atoms with Crippen LogP contribution in [0.2, 0.25) is 0 Å². The zero-order chi connectivity index (χ0) is 16.7. The molecule has 4 aliphatic carbocycles. The maximum Gasteiger partial charge on any atom is 0.127 e. The molecule has 3 heteroatoms. The minimum absolute atomic E-state index is 0.133. The van der Waals surface area contributed by atoms with E-state index < -0.39 is 5.60 Å². The lowest BCUT2D eigenvalue weighted by atomic mass is 9.44. The molecule has 0 spiro atoms. The summed E-state index contributed by atoms with van der Waals surface area (Å²) >= 11 is 0. The van der Waals surface area contributed by atoms with Gasteiger partial charge in [0.2, 0.25) is 0 Å². The molecular formula is C21H31NO2. The first kappa shape index (κ1) is 15.4. The van der Waals surface area contributed by atoms with Crippen molar-refractivity contribution in [1.29, 1.82) is 0 Å². The lowest BCUT2D eigenvalue weighted by Gasteiger charge is -2.60. The van der Waals surface area contributed by atoms with Crippen molar-refractivity contribution in [2.45, 2.75) is 77.7 Å². The maximum absolute atomic E-state index is 11.0. The van der Waals surface area contributed by atoms with Gasteiger partial charge in [0.05, 0.1) is 11.3 Å². The van der Waals surface area contributed by atoms with Crippen molar-refractivity contribution < 1.29 is 9.63 Å². The number of aliphatic hydroxyl groups is 1. The second-order valence-corrected chi connectivity index (χ2v) is 10.1. The molecule has 4 aliphatic rings. The molecule has 24 heavy (non-hydrogen) atoms. The molecular weight excluding hydrogens is 298 g/mol. The van der Waals surface area contributed by atoms with Crippen molar-refractivity contribution in [3.05, 3.63) is 17.5 Å². The molecule has 7 atom stereocenters. The van der Waals surface area contributed by atoms with Gasteiger partial charge in [-0.2, -0.15) is 0 Å². The van der Waals surface area contributed by atoms with Crippen molar-refractivity contribution >= 4 is 0 Å². The minimum atomic E-state index is -0.464. The SMILES string of the molecule is C[C@]12Cc3conc3C[C@@H]1CC[C@H]1[C@H]3CC[C@](C)(O)[C@]3(C)CC[C@@H]12. The van der Waals surface area contributed by atoms with Gasteiger partial charge in [0, 0.05) is 5.56 Å².